The van der Waals surface area contributed by atoms with E-state index >= 15 is 0 Å². The maximum absolute atomic E-state index is 12.1. The number of aromatic nitrogens is 2. The summed E-state index contributed by atoms with van der Waals surface area (Å²) < 4.78 is 5.11. The maximum atomic E-state index is 12.1. The van der Waals surface area contributed by atoms with Crippen LogP contribution in [-0.4, -0.2) is 34.2 Å². The third-order valence-corrected chi connectivity index (χ3v) is 3.92. The lowest BCUT2D eigenvalue weighted by atomic mass is 10.2. The molecule has 0 saturated heterocycles. The van der Waals surface area contributed by atoms with Gasteiger partial charge in [0.15, 0.2) is 5.16 Å². The molecule has 132 valence electrons. The van der Waals surface area contributed by atoms with E-state index in [0.29, 0.717) is 28.7 Å². The molecule has 8 heteroatoms. The summed E-state index contributed by atoms with van der Waals surface area (Å²) in [5.41, 5.74) is 1.01. The Labute approximate surface area is 149 Å². The number of benzene rings is 1. The van der Waals surface area contributed by atoms with Gasteiger partial charge in [-0.3, -0.25) is 9.59 Å². The first-order chi connectivity index (χ1) is 12.0. The number of nitrogens with zero attached hydrogens (tertiary/aromatic N) is 1. The Bertz CT molecular complexity index is 820. The molecule has 2 aromatic rings. The number of thioether (sulfide) groups is 1. The van der Waals surface area contributed by atoms with Crippen molar-refractivity contribution in [3.8, 4) is 0 Å². The average Bonchev–Trinajstić information content (AvgIpc) is 2.57. The van der Waals surface area contributed by atoms with Gasteiger partial charge >= 0.3 is 5.97 Å². The number of H-pyrrole nitrogens is 1. The number of amides is 1. The van der Waals surface area contributed by atoms with E-state index in [1.54, 1.807) is 31.2 Å². The van der Waals surface area contributed by atoms with Gasteiger partial charge in [-0.05, 0) is 25.5 Å². The highest BCUT2D eigenvalue weighted by Gasteiger charge is 2.14. The Morgan fingerprint density at radius 2 is 2.08 bits per heavy atom. The molecular weight excluding hydrogens is 342 g/mol. The molecule has 1 amide bonds. The van der Waals surface area contributed by atoms with Gasteiger partial charge in [-0.25, -0.2) is 9.78 Å². The van der Waals surface area contributed by atoms with Crippen LogP contribution in [0.15, 0.2) is 40.3 Å². The second-order valence-electron chi connectivity index (χ2n) is 5.21. The molecule has 0 bridgehead atoms. The molecule has 2 N–H and O–H groups in total. The molecule has 0 saturated carbocycles. The molecule has 7 nitrogen and oxygen atoms in total. The van der Waals surface area contributed by atoms with E-state index < -0.39 is 5.97 Å². The summed E-state index contributed by atoms with van der Waals surface area (Å²) in [5.74, 6) is -0.745. The van der Waals surface area contributed by atoms with Crippen molar-refractivity contribution in [3.63, 3.8) is 0 Å². The molecule has 0 aliphatic carbocycles. The minimum Gasteiger partial charge on any atom is -0.462 e. The van der Waals surface area contributed by atoms with E-state index in [9.17, 15) is 14.4 Å². The van der Waals surface area contributed by atoms with Crippen molar-refractivity contribution < 1.29 is 14.3 Å². The predicted molar refractivity (Wildman–Crippen MR) is 96.0 cm³/mol. The number of nitrogens with one attached hydrogen (secondary N) is 2. The highest BCUT2D eigenvalue weighted by atomic mass is 32.2. The Kier molecular flexibility index (Phi) is 6.76. The monoisotopic (exact) mass is 361 g/mol. The fourth-order valence-corrected chi connectivity index (χ4v) is 2.70. The van der Waals surface area contributed by atoms with Crippen LogP contribution in [-0.2, 0) is 9.53 Å². The zero-order valence-electron chi connectivity index (χ0n) is 14.0. The van der Waals surface area contributed by atoms with E-state index in [-0.39, 0.29) is 17.2 Å². The molecule has 0 aliphatic rings. The lowest BCUT2D eigenvalue weighted by Crippen LogP contribution is -2.18. The molecule has 2 rings (SSSR count). The van der Waals surface area contributed by atoms with Crippen LogP contribution in [0.4, 0.5) is 5.69 Å². The van der Waals surface area contributed by atoms with Gasteiger partial charge in [0.1, 0.15) is 0 Å². The summed E-state index contributed by atoms with van der Waals surface area (Å²) in [5, 5.41) is 3.06. The molecule has 1 aromatic heterocycles. The molecule has 1 aromatic carbocycles. The number of hydrogen-bond acceptors (Lipinski definition) is 6. The summed E-state index contributed by atoms with van der Waals surface area (Å²) in [6.07, 6.45) is 0.721. The van der Waals surface area contributed by atoms with Gasteiger partial charge in [-0.15, -0.1) is 0 Å². The molecule has 0 unspecified atom stereocenters. The molecule has 1 heterocycles. The topological polar surface area (TPSA) is 101 Å². The Morgan fingerprint density at radius 3 is 2.80 bits per heavy atom. The first-order valence-corrected chi connectivity index (χ1v) is 8.75. The number of para-hydroxylation sites is 1. The van der Waals surface area contributed by atoms with Gasteiger partial charge in [0.05, 0.1) is 23.6 Å². The van der Waals surface area contributed by atoms with Gasteiger partial charge in [-0.2, -0.15) is 0 Å². The van der Waals surface area contributed by atoms with Gasteiger partial charge in [-0.1, -0.05) is 30.8 Å². The second-order valence-corrected chi connectivity index (χ2v) is 6.17. The van der Waals surface area contributed by atoms with E-state index in [1.165, 1.54) is 6.07 Å². The highest BCUT2D eigenvalue weighted by Crippen LogP contribution is 2.18. The van der Waals surface area contributed by atoms with Crippen molar-refractivity contribution in [2.75, 3.05) is 17.7 Å². The van der Waals surface area contributed by atoms with Crippen LogP contribution in [0, 0.1) is 6.92 Å². The number of ether oxygens (including phenoxy) is 1. The zero-order chi connectivity index (χ0) is 18.2. The average molecular weight is 361 g/mol. The van der Waals surface area contributed by atoms with Crippen molar-refractivity contribution in [1.29, 1.82) is 0 Å². The normalized spacial score (nSPS) is 10.3. The Balaban J connectivity index is 2.00. The summed E-state index contributed by atoms with van der Waals surface area (Å²) in [7, 11) is 0. The first-order valence-electron chi connectivity index (χ1n) is 7.76. The van der Waals surface area contributed by atoms with Crippen molar-refractivity contribution in [2.45, 2.75) is 25.4 Å². The van der Waals surface area contributed by atoms with E-state index in [4.69, 9.17) is 4.74 Å². The van der Waals surface area contributed by atoms with Gasteiger partial charge in [0, 0.05) is 11.8 Å². The molecule has 0 spiro atoms. The lowest BCUT2D eigenvalue weighted by molar-refractivity contribution is -0.113. The summed E-state index contributed by atoms with van der Waals surface area (Å²) in [6.45, 7) is 3.93. The Hall–Kier alpha value is -2.61. The highest BCUT2D eigenvalue weighted by molar-refractivity contribution is 7.99. The summed E-state index contributed by atoms with van der Waals surface area (Å²) in [4.78, 5) is 42.3. The number of anilines is 1. The molecule has 0 fully saturated rings. The van der Waals surface area contributed by atoms with Crippen molar-refractivity contribution in [2.24, 2.45) is 0 Å². The third kappa shape index (κ3) is 5.75. The standard InChI is InChI=1S/C17H19N3O4S/c1-3-8-24-16(23)12-6-4-5-7-13(12)19-15(22)10-25-17-18-11(2)9-14(21)20-17/h4-7,9H,3,8,10H2,1-2H3,(H,19,22)(H,18,20,21). The number of hydrogen-bond donors (Lipinski definition) is 2. The SMILES string of the molecule is CCCOC(=O)c1ccccc1NC(=O)CSc1nc(C)cc(=O)[nH]1. The van der Waals surface area contributed by atoms with Crippen molar-refractivity contribution >= 4 is 29.3 Å². The van der Waals surface area contributed by atoms with Gasteiger partial charge in [0.2, 0.25) is 5.91 Å². The molecule has 0 radical (unpaired) electrons. The van der Waals surface area contributed by atoms with Crippen LogP contribution in [0.3, 0.4) is 0 Å². The van der Waals surface area contributed by atoms with Crippen molar-refractivity contribution in [1.82, 2.24) is 9.97 Å². The number of aromatic amines is 1. The van der Waals surface area contributed by atoms with Gasteiger partial charge < -0.3 is 15.0 Å². The predicted octanol–water partition coefficient (Wildman–Crippen LogP) is 2.38. The van der Waals surface area contributed by atoms with Crippen LogP contribution >= 0.6 is 11.8 Å². The van der Waals surface area contributed by atoms with E-state index in [1.807, 2.05) is 6.92 Å². The fourth-order valence-electron chi connectivity index (χ4n) is 1.98. The summed E-state index contributed by atoms with van der Waals surface area (Å²) >= 11 is 1.11. The number of carbonyl (C=O) groups is 2. The van der Waals surface area contributed by atoms with E-state index in [0.717, 1.165) is 18.2 Å². The van der Waals surface area contributed by atoms with Crippen LogP contribution < -0.4 is 10.9 Å². The van der Waals surface area contributed by atoms with Gasteiger partial charge in [0.25, 0.3) is 5.56 Å². The maximum Gasteiger partial charge on any atom is 0.340 e. The number of rotatable bonds is 7. The number of aryl methyl sites for hydroxylation is 1. The molecule has 0 atom stereocenters. The second kappa shape index (κ2) is 9.03. The number of carbonyl (C=O) groups excluding carboxylic acids is 2. The molecular formula is C17H19N3O4S. The van der Waals surface area contributed by atoms with Crippen LogP contribution in [0.1, 0.15) is 29.4 Å². The Morgan fingerprint density at radius 1 is 1.32 bits per heavy atom. The third-order valence-electron chi connectivity index (χ3n) is 3.05. The minimum atomic E-state index is -0.477. The molecule has 25 heavy (non-hydrogen) atoms. The van der Waals surface area contributed by atoms with E-state index in [2.05, 4.69) is 15.3 Å². The number of esters is 1. The quantitative estimate of drug-likeness (QED) is 0.446. The molecule has 0 aliphatic heterocycles. The smallest absolute Gasteiger partial charge is 0.340 e. The van der Waals surface area contributed by atoms with Crippen LogP contribution in [0.25, 0.3) is 0 Å². The first kappa shape index (κ1) is 18.7. The zero-order valence-corrected chi connectivity index (χ0v) is 14.8. The summed E-state index contributed by atoms with van der Waals surface area (Å²) in [6, 6.07) is 8.04. The van der Waals surface area contributed by atoms with Crippen LogP contribution in [0.2, 0.25) is 0 Å². The lowest BCUT2D eigenvalue weighted by Gasteiger charge is -2.10. The van der Waals surface area contributed by atoms with Crippen molar-refractivity contribution in [3.05, 3.63) is 51.9 Å². The minimum absolute atomic E-state index is 0.0464. The largest absolute Gasteiger partial charge is 0.462 e. The van der Waals surface area contributed by atoms with Crippen LogP contribution in [0.5, 0.6) is 0 Å². The fraction of sp³-hybridized carbons (Fsp3) is 0.294.